The molecular weight excluding hydrogens is 402 g/mol. The van der Waals surface area contributed by atoms with Crippen LogP contribution < -0.4 is 10.1 Å². The molecule has 1 N–H and O–H groups in total. The first kappa shape index (κ1) is 20.3. The van der Waals surface area contributed by atoms with E-state index in [1.54, 1.807) is 13.0 Å². The van der Waals surface area contributed by atoms with Crippen molar-refractivity contribution in [3.8, 4) is 5.75 Å². The van der Waals surface area contributed by atoms with Gasteiger partial charge in [-0.2, -0.15) is 13.2 Å². The van der Waals surface area contributed by atoms with Gasteiger partial charge in [0.1, 0.15) is 22.9 Å². The van der Waals surface area contributed by atoms with Crippen LogP contribution in [0.1, 0.15) is 30.7 Å². The first-order valence-electron chi connectivity index (χ1n) is 9.50. The zero-order valence-electron chi connectivity index (χ0n) is 16.0. The quantitative estimate of drug-likeness (QED) is 0.536. The Bertz CT molecular complexity index is 1080. The molecule has 0 radical (unpaired) electrons. The molecule has 1 heterocycles. The van der Waals surface area contributed by atoms with Gasteiger partial charge in [0, 0.05) is 17.2 Å². The highest BCUT2D eigenvalue weighted by molar-refractivity contribution is 5.82. The van der Waals surface area contributed by atoms with Gasteiger partial charge in [0.05, 0.1) is 18.2 Å². The summed E-state index contributed by atoms with van der Waals surface area (Å²) in [6, 6.07) is 10.2. The van der Waals surface area contributed by atoms with Crippen LogP contribution in [0.25, 0.3) is 11.0 Å². The monoisotopic (exact) mass is 421 g/mol. The Morgan fingerprint density at radius 3 is 2.80 bits per heavy atom. The number of carbonyl (C=O) groups is 1. The number of alkyl halides is 3. The third kappa shape index (κ3) is 4.42. The number of carbonyl (C=O) groups excluding carboxylic acids is 1. The van der Waals surface area contributed by atoms with Gasteiger partial charge in [-0.05, 0) is 55.8 Å². The van der Waals surface area contributed by atoms with Crippen LogP contribution in [0, 0.1) is 17.7 Å². The molecule has 2 aromatic carbocycles. The van der Waals surface area contributed by atoms with Gasteiger partial charge in [-0.15, -0.1) is 0 Å². The van der Waals surface area contributed by atoms with Crippen molar-refractivity contribution in [3.05, 3.63) is 65.7 Å². The first-order valence-corrected chi connectivity index (χ1v) is 9.50. The molecule has 4 rings (SSSR count). The molecule has 158 valence electrons. The fourth-order valence-electron chi connectivity index (χ4n) is 3.36. The molecule has 3 atom stereocenters. The Hall–Kier alpha value is -3.03. The molecule has 8 heteroatoms. The van der Waals surface area contributed by atoms with Crippen molar-refractivity contribution < 1.29 is 31.5 Å². The van der Waals surface area contributed by atoms with Crippen molar-refractivity contribution in [3.63, 3.8) is 0 Å². The van der Waals surface area contributed by atoms with Crippen LogP contribution in [-0.2, 0) is 11.0 Å². The molecule has 1 aromatic heterocycles. The average molecular weight is 421 g/mol. The molecule has 1 unspecified atom stereocenters. The number of rotatable bonds is 6. The summed E-state index contributed by atoms with van der Waals surface area (Å²) in [4.78, 5) is 12.4. The van der Waals surface area contributed by atoms with Crippen molar-refractivity contribution in [1.29, 1.82) is 0 Å². The molecular formula is C22H19F4NO3. The molecule has 1 aliphatic rings. The van der Waals surface area contributed by atoms with E-state index in [1.807, 2.05) is 0 Å². The summed E-state index contributed by atoms with van der Waals surface area (Å²) in [6.07, 6.45) is -3.83. The van der Waals surface area contributed by atoms with E-state index < -0.39 is 17.8 Å². The van der Waals surface area contributed by atoms with E-state index in [-0.39, 0.29) is 35.9 Å². The normalized spacial score (nSPS) is 19.5. The summed E-state index contributed by atoms with van der Waals surface area (Å²) in [5.41, 5.74) is -0.240. The number of benzene rings is 2. The highest BCUT2D eigenvalue weighted by Crippen LogP contribution is 2.40. The van der Waals surface area contributed by atoms with Crippen molar-refractivity contribution in [2.45, 2.75) is 25.6 Å². The van der Waals surface area contributed by atoms with Crippen LogP contribution in [0.2, 0.25) is 0 Å². The number of furan rings is 1. The third-order valence-electron chi connectivity index (χ3n) is 5.17. The SMILES string of the molecule is CC(NC(=O)[C@@H]1C[C@H]1COc1cccc(C(F)(F)F)c1)c1cc2cc(F)ccc2o1. The topological polar surface area (TPSA) is 51.5 Å². The maximum absolute atomic E-state index is 13.3. The lowest BCUT2D eigenvalue weighted by atomic mass is 10.2. The number of hydrogen-bond donors (Lipinski definition) is 1. The minimum absolute atomic E-state index is 0.0588. The van der Waals surface area contributed by atoms with Crippen LogP contribution in [0.5, 0.6) is 5.75 Å². The zero-order chi connectivity index (χ0) is 21.5. The van der Waals surface area contributed by atoms with E-state index in [4.69, 9.17) is 9.15 Å². The number of ether oxygens (including phenoxy) is 1. The second-order valence-corrected chi connectivity index (χ2v) is 7.50. The van der Waals surface area contributed by atoms with Gasteiger partial charge >= 0.3 is 6.18 Å². The largest absolute Gasteiger partial charge is 0.493 e. The Labute approximate surface area is 169 Å². The smallest absolute Gasteiger partial charge is 0.416 e. The van der Waals surface area contributed by atoms with E-state index in [2.05, 4.69) is 5.32 Å². The molecule has 4 nitrogen and oxygen atoms in total. The van der Waals surface area contributed by atoms with E-state index in [9.17, 15) is 22.4 Å². The van der Waals surface area contributed by atoms with Crippen molar-refractivity contribution in [2.75, 3.05) is 6.61 Å². The van der Waals surface area contributed by atoms with E-state index >= 15 is 0 Å². The fourth-order valence-corrected chi connectivity index (χ4v) is 3.36. The van der Waals surface area contributed by atoms with Crippen LogP contribution in [0.15, 0.2) is 52.9 Å². The summed E-state index contributed by atoms with van der Waals surface area (Å²) in [5, 5.41) is 3.48. The van der Waals surface area contributed by atoms with Gasteiger partial charge in [-0.1, -0.05) is 6.07 Å². The van der Waals surface area contributed by atoms with Crippen molar-refractivity contribution in [1.82, 2.24) is 5.32 Å². The maximum Gasteiger partial charge on any atom is 0.416 e. The fraction of sp³-hybridized carbons (Fsp3) is 0.318. The molecule has 0 spiro atoms. The molecule has 0 bridgehead atoms. The Kier molecular flexibility index (Phi) is 5.17. The Morgan fingerprint density at radius 2 is 2.03 bits per heavy atom. The van der Waals surface area contributed by atoms with Crippen LogP contribution in [-0.4, -0.2) is 12.5 Å². The number of fused-ring (bicyclic) bond motifs is 1. The van der Waals surface area contributed by atoms with Crippen LogP contribution in [0.3, 0.4) is 0 Å². The summed E-state index contributed by atoms with van der Waals surface area (Å²) < 4.78 is 62.7. The lowest BCUT2D eigenvalue weighted by Crippen LogP contribution is -2.28. The minimum Gasteiger partial charge on any atom is -0.493 e. The second-order valence-electron chi connectivity index (χ2n) is 7.50. The van der Waals surface area contributed by atoms with Gasteiger partial charge < -0.3 is 14.5 Å². The van der Waals surface area contributed by atoms with Gasteiger partial charge in [-0.3, -0.25) is 4.79 Å². The number of nitrogens with one attached hydrogen (secondary N) is 1. The highest BCUT2D eigenvalue weighted by atomic mass is 19.4. The highest BCUT2D eigenvalue weighted by Gasteiger charge is 2.44. The van der Waals surface area contributed by atoms with Gasteiger partial charge in [0.2, 0.25) is 5.91 Å². The average Bonchev–Trinajstić information content (AvgIpc) is 3.35. The Balaban J connectivity index is 1.30. The van der Waals surface area contributed by atoms with Gasteiger partial charge in [-0.25, -0.2) is 4.39 Å². The summed E-state index contributed by atoms with van der Waals surface area (Å²) in [7, 11) is 0. The van der Waals surface area contributed by atoms with Gasteiger partial charge in [0.25, 0.3) is 0 Å². The maximum atomic E-state index is 13.3. The molecule has 3 aromatic rings. The van der Waals surface area contributed by atoms with E-state index in [0.29, 0.717) is 23.2 Å². The Morgan fingerprint density at radius 1 is 1.23 bits per heavy atom. The molecule has 30 heavy (non-hydrogen) atoms. The third-order valence-corrected chi connectivity index (χ3v) is 5.17. The second kappa shape index (κ2) is 7.66. The predicted octanol–water partition coefficient (Wildman–Crippen LogP) is 5.48. The standard InChI is InChI=1S/C22H19F4NO3/c1-12(20-9-13-7-16(23)5-6-19(13)30-20)27-21(28)18-8-14(18)11-29-17-4-2-3-15(10-17)22(24,25)26/h2-7,9-10,12,14,18H,8,11H2,1H3,(H,27,28)/t12?,14-,18+/m0/s1. The molecule has 1 saturated carbocycles. The minimum atomic E-state index is -4.43. The summed E-state index contributed by atoms with van der Waals surface area (Å²) in [5.74, 6) is -0.225. The lowest BCUT2D eigenvalue weighted by Gasteiger charge is -2.12. The van der Waals surface area contributed by atoms with E-state index in [1.165, 1.54) is 30.3 Å². The van der Waals surface area contributed by atoms with Crippen molar-refractivity contribution >= 4 is 16.9 Å². The van der Waals surface area contributed by atoms with Crippen LogP contribution in [0.4, 0.5) is 17.6 Å². The number of hydrogen-bond acceptors (Lipinski definition) is 3. The zero-order valence-corrected chi connectivity index (χ0v) is 16.0. The molecule has 0 aliphatic heterocycles. The number of halogens is 4. The van der Waals surface area contributed by atoms with Crippen LogP contribution >= 0.6 is 0 Å². The lowest BCUT2D eigenvalue weighted by molar-refractivity contribution is -0.137. The summed E-state index contributed by atoms with van der Waals surface area (Å²) >= 11 is 0. The summed E-state index contributed by atoms with van der Waals surface area (Å²) in [6.45, 7) is 1.93. The van der Waals surface area contributed by atoms with Crippen molar-refractivity contribution in [2.24, 2.45) is 11.8 Å². The number of amides is 1. The molecule has 0 saturated heterocycles. The molecule has 1 fully saturated rings. The predicted molar refractivity (Wildman–Crippen MR) is 101 cm³/mol. The van der Waals surface area contributed by atoms with E-state index in [0.717, 1.165) is 12.1 Å². The molecule has 1 aliphatic carbocycles. The first-order chi connectivity index (χ1) is 14.2. The van der Waals surface area contributed by atoms with Gasteiger partial charge in [0.15, 0.2) is 0 Å². The molecule has 1 amide bonds.